The largest absolute Gasteiger partial charge is 0.478 e. The standard InChI is InChI=1S/C16H21N5O3/c1-2-21-15-11(8-19-21)13(12(7-18-15)16(23)24)20-10-5-3-9(4-6-10)14(17)22/h7-10H,2-6H2,1H3,(H2,17,22)(H,18,20)(H,23,24)/t9-,10-. The van der Waals surface area contributed by atoms with Gasteiger partial charge in [0.2, 0.25) is 5.91 Å². The first-order valence-electron chi connectivity index (χ1n) is 8.15. The quantitative estimate of drug-likeness (QED) is 0.765. The molecule has 1 saturated carbocycles. The van der Waals surface area contributed by atoms with Gasteiger partial charge in [-0.05, 0) is 32.6 Å². The molecule has 1 amide bonds. The zero-order valence-electron chi connectivity index (χ0n) is 13.5. The number of hydrogen-bond acceptors (Lipinski definition) is 5. The number of fused-ring (bicyclic) bond motifs is 1. The lowest BCUT2D eigenvalue weighted by molar-refractivity contribution is -0.122. The van der Waals surface area contributed by atoms with Crippen LogP contribution in [0.1, 0.15) is 43.0 Å². The molecule has 128 valence electrons. The van der Waals surface area contributed by atoms with Crippen LogP contribution in [-0.4, -0.2) is 37.8 Å². The fourth-order valence-corrected chi connectivity index (χ4v) is 3.30. The van der Waals surface area contributed by atoms with Crippen molar-refractivity contribution in [2.24, 2.45) is 11.7 Å². The number of primary amides is 1. The summed E-state index contributed by atoms with van der Waals surface area (Å²) in [4.78, 5) is 27.1. The van der Waals surface area contributed by atoms with E-state index in [1.165, 1.54) is 6.20 Å². The average Bonchev–Trinajstić information content (AvgIpc) is 2.99. The van der Waals surface area contributed by atoms with Crippen molar-refractivity contribution in [3.05, 3.63) is 18.0 Å². The molecule has 1 fully saturated rings. The van der Waals surface area contributed by atoms with E-state index < -0.39 is 5.97 Å². The van der Waals surface area contributed by atoms with Gasteiger partial charge in [-0.1, -0.05) is 0 Å². The molecule has 0 aromatic carbocycles. The SMILES string of the molecule is CCn1ncc2c(N[C@H]3CC[C@H](C(N)=O)CC3)c(C(=O)O)cnc21. The van der Waals surface area contributed by atoms with Gasteiger partial charge in [-0.3, -0.25) is 4.79 Å². The molecule has 0 atom stereocenters. The second-order valence-electron chi connectivity index (χ2n) is 6.14. The molecule has 2 aromatic heterocycles. The van der Waals surface area contributed by atoms with Crippen LogP contribution in [0.3, 0.4) is 0 Å². The Morgan fingerprint density at radius 1 is 1.33 bits per heavy atom. The van der Waals surface area contributed by atoms with Crippen LogP contribution in [0.4, 0.5) is 5.69 Å². The number of nitrogens with zero attached hydrogens (tertiary/aromatic N) is 3. The third-order valence-electron chi connectivity index (χ3n) is 4.67. The van der Waals surface area contributed by atoms with Crippen LogP contribution in [0.15, 0.2) is 12.4 Å². The number of aromatic nitrogens is 3. The van der Waals surface area contributed by atoms with Crippen LogP contribution >= 0.6 is 0 Å². The summed E-state index contributed by atoms with van der Waals surface area (Å²) in [5, 5.41) is 17.8. The van der Waals surface area contributed by atoms with E-state index in [9.17, 15) is 14.7 Å². The molecule has 2 heterocycles. The highest BCUT2D eigenvalue weighted by Gasteiger charge is 2.26. The molecular formula is C16H21N5O3. The van der Waals surface area contributed by atoms with Gasteiger partial charge in [-0.25, -0.2) is 14.5 Å². The number of amides is 1. The van der Waals surface area contributed by atoms with Gasteiger partial charge in [0.05, 0.1) is 17.3 Å². The van der Waals surface area contributed by atoms with Crippen LogP contribution in [-0.2, 0) is 11.3 Å². The molecule has 24 heavy (non-hydrogen) atoms. The number of pyridine rings is 1. The Morgan fingerprint density at radius 3 is 2.62 bits per heavy atom. The summed E-state index contributed by atoms with van der Waals surface area (Å²) in [6.07, 6.45) is 6.01. The Balaban J connectivity index is 1.90. The minimum atomic E-state index is -1.03. The van der Waals surface area contributed by atoms with E-state index in [2.05, 4.69) is 15.4 Å². The zero-order valence-corrected chi connectivity index (χ0v) is 13.5. The first-order chi connectivity index (χ1) is 11.5. The van der Waals surface area contributed by atoms with Crippen molar-refractivity contribution in [2.75, 3.05) is 5.32 Å². The number of carbonyl (C=O) groups excluding carboxylic acids is 1. The predicted molar refractivity (Wildman–Crippen MR) is 88.7 cm³/mol. The Morgan fingerprint density at radius 2 is 2.04 bits per heavy atom. The van der Waals surface area contributed by atoms with E-state index in [1.807, 2.05) is 6.92 Å². The second-order valence-corrected chi connectivity index (χ2v) is 6.14. The minimum Gasteiger partial charge on any atom is -0.478 e. The number of nitrogens with two attached hydrogens (primary N) is 1. The minimum absolute atomic E-state index is 0.0812. The summed E-state index contributed by atoms with van der Waals surface area (Å²) >= 11 is 0. The molecule has 0 spiro atoms. The van der Waals surface area contributed by atoms with Gasteiger partial charge < -0.3 is 16.2 Å². The molecule has 8 heteroatoms. The summed E-state index contributed by atoms with van der Waals surface area (Å²) in [5.41, 5.74) is 6.71. The fraction of sp³-hybridized carbons (Fsp3) is 0.500. The summed E-state index contributed by atoms with van der Waals surface area (Å²) in [6.45, 7) is 2.61. The molecule has 0 unspecified atom stereocenters. The molecule has 0 bridgehead atoms. The number of aromatic carboxylic acids is 1. The Hall–Kier alpha value is -2.64. The average molecular weight is 331 g/mol. The number of carboxylic acids is 1. The van der Waals surface area contributed by atoms with E-state index in [1.54, 1.807) is 10.9 Å². The first kappa shape index (κ1) is 16.2. The first-order valence-corrected chi connectivity index (χ1v) is 8.15. The molecule has 1 aliphatic carbocycles. The van der Waals surface area contributed by atoms with Gasteiger partial charge in [0, 0.05) is 24.7 Å². The summed E-state index contributed by atoms with van der Waals surface area (Å²) in [5.74, 6) is -1.36. The molecule has 0 radical (unpaired) electrons. The highest BCUT2D eigenvalue weighted by atomic mass is 16.4. The molecule has 4 N–H and O–H groups in total. The molecule has 0 aliphatic heterocycles. The van der Waals surface area contributed by atoms with Crippen molar-refractivity contribution < 1.29 is 14.7 Å². The number of rotatable bonds is 5. The summed E-state index contributed by atoms with van der Waals surface area (Å²) in [6, 6.07) is 0.106. The molecule has 8 nitrogen and oxygen atoms in total. The second kappa shape index (κ2) is 6.46. The fourth-order valence-electron chi connectivity index (χ4n) is 3.30. The van der Waals surface area contributed by atoms with Gasteiger partial charge in [0.15, 0.2) is 5.65 Å². The highest BCUT2D eigenvalue weighted by Crippen LogP contribution is 2.31. The Labute approximate surface area is 139 Å². The maximum Gasteiger partial charge on any atom is 0.339 e. The number of aryl methyl sites for hydroxylation is 1. The predicted octanol–water partition coefficient (Wildman–Crippen LogP) is 1.61. The number of nitrogens with one attached hydrogen (secondary N) is 1. The number of carbonyl (C=O) groups is 2. The molecule has 3 rings (SSSR count). The Bertz CT molecular complexity index is 777. The summed E-state index contributed by atoms with van der Waals surface area (Å²) < 4.78 is 1.73. The zero-order chi connectivity index (χ0) is 17.3. The highest BCUT2D eigenvalue weighted by molar-refractivity contribution is 6.03. The summed E-state index contributed by atoms with van der Waals surface area (Å²) in [7, 11) is 0. The van der Waals surface area contributed by atoms with Crippen molar-refractivity contribution in [3.63, 3.8) is 0 Å². The third kappa shape index (κ3) is 2.91. The molecular weight excluding hydrogens is 310 g/mol. The topological polar surface area (TPSA) is 123 Å². The molecule has 1 aliphatic rings. The maximum atomic E-state index is 11.6. The van der Waals surface area contributed by atoms with E-state index in [0.717, 1.165) is 25.7 Å². The van der Waals surface area contributed by atoms with Crippen LogP contribution in [0, 0.1) is 5.92 Å². The monoisotopic (exact) mass is 331 g/mol. The number of carboxylic acid groups (broad SMARTS) is 1. The van der Waals surface area contributed by atoms with Crippen molar-refractivity contribution >= 4 is 28.6 Å². The van der Waals surface area contributed by atoms with Crippen LogP contribution < -0.4 is 11.1 Å². The number of hydrogen-bond donors (Lipinski definition) is 3. The lowest BCUT2D eigenvalue weighted by Crippen LogP contribution is -2.32. The normalized spacial score (nSPS) is 20.9. The lowest BCUT2D eigenvalue weighted by Gasteiger charge is -2.28. The Kier molecular flexibility index (Phi) is 4.37. The van der Waals surface area contributed by atoms with Crippen molar-refractivity contribution in [1.29, 1.82) is 0 Å². The molecule has 0 saturated heterocycles. The third-order valence-corrected chi connectivity index (χ3v) is 4.67. The van der Waals surface area contributed by atoms with E-state index in [0.29, 0.717) is 23.3 Å². The van der Waals surface area contributed by atoms with Crippen molar-refractivity contribution in [2.45, 2.75) is 45.2 Å². The van der Waals surface area contributed by atoms with Crippen molar-refractivity contribution in [1.82, 2.24) is 14.8 Å². The number of anilines is 1. The molecule has 2 aromatic rings. The maximum absolute atomic E-state index is 11.6. The van der Waals surface area contributed by atoms with Gasteiger partial charge in [0.1, 0.15) is 5.56 Å². The van der Waals surface area contributed by atoms with E-state index >= 15 is 0 Å². The van der Waals surface area contributed by atoms with E-state index in [4.69, 9.17) is 5.73 Å². The van der Waals surface area contributed by atoms with Crippen LogP contribution in [0.2, 0.25) is 0 Å². The van der Waals surface area contributed by atoms with Gasteiger partial charge >= 0.3 is 5.97 Å². The van der Waals surface area contributed by atoms with Crippen LogP contribution in [0.25, 0.3) is 11.0 Å². The van der Waals surface area contributed by atoms with Crippen LogP contribution in [0.5, 0.6) is 0 Å². The van der Waals surface area contributed by atoms with Gasteiger partial charge in [-0.2, -0.15) is 5.10 Å². The van der Waals surface area contributed by atoms with Gasteiger partial charge in [-0.15, -0.1) is 0 Å². The van der Waals surface area contributed by atoms with E-state index in [-0.39, 0.29) is 23.4 Å². The smallest absolute Gasteiger partial charge is 0.339 e. The lowest BCUT2D eigenvalue weighted by atomic mass is 9.85. The van der Waals surface area contributed by atoms with Gasteiger partial charge in [0.25, 0.3) is 0 Å². The van der Waals surface area contributed by atoms with Crippen molar-refractivity contribution in [3.8, 4) is 0 Å².